The minimum atomic E-state index is -0.155. The van der Waals surface area contributed by atoms with Gasteiger partial charge in [-0.05, 0) is 36.4 Å². The molecule has 9 heteroatoms. The monoisotopic (exact) mass is 514 g/mol. The third-order valence-corrected chi connectivity index (χ3v) is 7.15. The van der Waals surface area contributed by atoms with Crippen LogP contribution in [-0.4, -0.2) is 33.3 Å². The Morgan fingerprint density at radius 2 is 1.75 bits per heavy atom. The van der Waals surface area contributed by atoms with Gasteiger partial charge in [-0.25, -0.2) is 9.97 Å². The van der Waals surface area contributed by atoms with Crippen molar-refractivity contribution in [3.8, 4) is 22.7 Å². The number of aromatic nitrogens is 3. The summed E-state index contributed by atoms with van der Waals surface area (Å²) in [7, 11) is 1.62. The molecule has 5 aromatic rings. The summed E-state index contributed by atoms with van der Waals surface area (Å²) in [6, 6.07) is 24.3. The van der Waals surface area contributed by atoms with Crippen molar-refractivity contribution in [2.24, 2.45) is 0 Å². The molecule has 36 heavy (non-hydrogen) atoms. The van der Waals surface area contributed by atoms with Crippen molar-refractivity contribution < 1.29 is 9.53 Å². The highest BCUT2D eigenvalue weighted by molar-refractivity contribution is 7.99. The number of thioether (sulfide) groups is 1. The summed E-state index contributed by atoms with van der Waals surface area (Å²) >= 11 is 2.74. The number of ether oxygens (including phenoxy) is 1. The topological polar surface area (TPSA) is 86.1 Å². The van der Waals surface area contributed by atoms with Crippen molar-refractivity contribution >= 4 is 45.0 Å². The fourth-order valence-electron chi connectivity index (χ4n) is 3.74. The van der Waals surface area contributed by atoms with Crippen LogP contribution in [0.4, 0.5) is 5.13 Å². The normalized spacial score (nSPS) is 10.9. The standard InChI is InChI=1S/C27H22N4O3S2/c1-34-23-14-8-6-11-19(23)22-17-36-26(28-22)30-24(32)15-16-35-27-29-21-13-7-5-12-20(21)25(33)31(27)18-9-3-2-4-10-18/h2-14,17H,15-16H2,1H3,(H,28,30,32). The number of nitrogens with one attached hydrogen (secondary N) is 1. The fourth-order valence-corrected chi connectivity index (χ4v) is 5.42. The average molecular weight is 515 g/mol. The van der Waals surface area contributed by atoms with Crippen LogP contribution in [-0.2, 0) is 4.79 Å². The Bertz CT molecular complexity index is 1580. The lowest BCUT2D eigenvalue weighted by atomic mass is 10.1. The van der Waals surface area contributed by atoms with E-state index in [1.165, 1.54) is 23.1 Å². The summed E-state index contributed by atoms with van der Waals surface area (Å²) in [6.07, 6.45) is 0.242. The maximum Gasteiger partial charge on any atom is 0.266 e. The third-order valence-electron chi connectivity index (χ3n) is 5.45. The first-order valence-corrected chi connectivity index (χ1v) is 13.1. The number of hydrogen-bond donors (Lipinski definition) is 1. The zero-order chi connectivity index (χ0) is 24.9. The van der Waals surface area contributed by atoms with Crippen molar-refractivity contribution in [2.75, 3.05) is 18.2 Å². The number of nitrogens with zero attached hydrogens (tertiary/aromatic N) is 3. The van der Waals surface area contributed by atoms with Crippen molar-refractivity contribution in [1.82, 2.24) is 14.5 Å². The molecule has 1 amide bonds. The first-order valence-electron chi connectivity index (χ1n) is 11.2. The van der Waals surface area contributed by atoms with Crippen molar-refractivity contribution in [3.63, 3.8) is 0 Å². The Kier molecular flexibility index (Phi) is 7.11. The van der Waals surface area contributed by atoms with Gasteiger partial charge in [0.2, 0.25) is 5.91 Å². The smallest absolute Gasteiger partial charge is 0.266 e. The lowest BCUT2D eigenvalue weighted by molar-refractivity contribution is -0.115. The van der Waals surface area contributed by atoms with Gasteiger partial charge in [-0.3, -0.25) is 14.2 Å². The summed E-state index contributed by atoms with van der Waals surface area (Å²) in [5.74, 6) is 1.02. The Hall–Kier alpha value is -3.95. The Balaban J connectivity index is 1.30. The second-order valence-corrected chi connectivity index (χ2v) is 9.69. The summed E-state index contributed by atoms with van der Waals surface area (Å²) in [6.45, 7) is 0. The largest absolute Gasteiger partial charge is 0.496 e. The first kappa shape index (κ1) is 23.8. The molecule has 0 radical (unpaired) electrons. The second kappa shape index (κ2) is 10.8. The van der Waals surface area contributed by atoms with E-state index in [1.807, 2.05) is 78.2 Å². The van der Waals surface area contributed by atoms with E-state index in [0.29, 0.717) is 26.9 Å². The number of para-hydroxylation sites is 3. The molecule has 1 N–H and O–H groups in total. The SMILES string of the molecule is COc1ccccc1-c1csc(NC(=O)CCSc2nc3ccccc3c(=O)n2-c2ccccc2)n1. The molecular weight excluding hydrogens is 492 g/mol. The van der Waals surface area contributed by atoms with E-state index in [9.17, 15) is 9.59 Å². The molecule has 180 valence electrons. The first-order chi connectivity index (χ1) is 17.6. The molecule has 0 aliphatic heterocycles. The van der Waals surface area contributed by atoms with E-state index in [0.717, 1.165) is 22.7 Å². The summed E-state index contributed by atoms with van der Waals surface area (Å²) in [5, 5.41) is 6.38. The minimum absolute atomic E-state index is 0.134. The highest BCUT2D eigenvalue weighted by Crippen LogP contribution is 2.32. The molecule has 3 aromatic carbocycles. The predicted molar refractivity (Wildman–Crippen MR) is 145 cm³/mol. The zero-order valence-corrected chi connectivity index (χ0v) is 21.0. The number of benzene rings is 3. The second-order valence-electron chi connectivity index (χ2n) is 7.77. The maximum atomic E-state index is 13.3. The molecule has 0 saturated carbocycles. The molecule has 0 unspecified atom stereocenters. The summed E-state index contributed by atoms with van der Waals surface area (Å²) in [4.78, 5) is 35.2. The van der Waals surface area contributed by atoms with Crippen LogP contribution >= 0.6 is 23.1 Å². The van der Waals surface area contributed by atoms with Gasteiger partial charge in [0.1, 0.15) is 5.75 Å². The summed E-state index contributed by atoms with van der Waals surface area (Å²) < 4.78 is 7.01. The summed E-state index contributed by atoms with van der Waals surface area (Å²) in [5.41, 5.74) is 2.85. The molecular formula is C27H22N4O3S2. The number of rotatable bonds is 8. The number of fused-ring (bicyclic) bond motifs is 1. The molecule has 2 aromatic heterocycles. The van der Waals surface area contributed by atoms with E-state index in [-0.39, 0.29) is 17.9 Å². The van der Waals surface area contributed by atoms with Crippen LogP contribution in [0, 0.1) is 0 Å². The van der Waals surface area contributed by atoms with Crippen LogP contribution < -0.4 is 15.6 Å². The van der Waals surface area contributed by atoms with Crippen molar-refractivity contribution in [2.45, 2.75) is 11.6 Å². The lowest BCUT2D eigenvalue weighted by Gasteiger charge is -2.13. The molecule has 0 aliphatic carbocycles. The van der Waals surface area contributed by atoms with Gasteiger partial charge in [0.15, 0.2) is 10.3 Å². The van der Waals surface area contributed by atoms with Gasteiger partial charge in [0, 0.05) is 23.1 Å². The van der Waals surface area contributed by atoms with E-state index in [1.54, 1.807) is 17.7 Å². The van der Waals surface area contributed by atoms with Crippen LogP contribution in [0.3, 0.4) is 0 Å². The molecule has 5 rings (SSSR count). The highest BCUT2D eigenvalue weighted by atomic mass is 32.2. The predicted octanol–water partition coefficient (Wildman–Crippen LogP) is 5.64. The van der Waals surface area contributed by atoms with E-state index in [2.05, 4.69) is 10.3 Å². The Labute approximate surface area is 215 Å². The number of methoxy groups -OCH3 is 1. The van der Waals surface area contributed by atoms with Gasteiger partial charge in [0.05, 0.1) is 29.4 Å². The van der Waals surface area contributed by atoms with Gasteiger partial charge in [-0.1, -0.05) is 54.2 Å². The Morgan fingerprint density at radius 1 is 1.00 bits per heavy atom. The Morgan fingerprint density at radius 3 is 2.58 bits per heavy atom. The van der Waals surface area contributed by atoms with Gasteiger partial charge in [0.25, 0.3) is 5.56 Å². The fraction of sp³-hybridized carbons (Fsp3) is 0.111. The average Bonchev–Trinajstić information content (AvgIpc) is 3.37. The van der Waals surface area contributed by atoms with Gasteiger partial charge < -0.3 is 10.1 Å². The van der Waals surface area contributed by atoms with Gasteiger partial charge in [-0.2, -0.15) is 0 Å². The zero-order valence-electron chi connectivity index (χ0n) is 19.4. The van der Waals surface area contributed by atoms with Crippen molar-refractivity contribution in [3.05, 3.63) is 94.6 Å². The van der Waals surface area contributed by atoms with Crippen LogP contribution in [0.5, 0.6) is 5.75 Å². The van der Waals surface area contributed by atoms with Crippen molar-refractivity contribution in [1.29, 1.82) is 0 Å². The molecule has 0 fully saturated rings. The van der Waals surface area contributed by atoms with Crippen LogP contribution in [0.2, 0.25) is 0 Å². The number of carbonyl (C=O) groups excluding carboxylic acids is 1. The molecule has 0 atom stereocenters. The molecule has 2 heterocycles. The number of amides is 1. The lowest BCUT2D eigenvalue weighted by Crippen LogP contribution is -2.22. The van der Waals surface area contributed by atoms with E-state index < -0.39 is 0 Å². The maximum absolute atomic E-state index is 13.3. The number of anilines is 1. The quantitative estimate of drug-likeness (QED) is 0.213. The third kappa shape index (κ3) is 5.02. The van der Waals surface area contributed by atoms with E-state index in [4.69, 9.17) is 9.72 Å². The number of thiazole rings is 1. The highest BCUT2D eigenvalue weighted by Gasteiger charge is 2.15. The van der Waals surface area contributed by atoms with Gasteiger partial charge >= 0.3 is 0 Å². The van der Waals surface area contributed by atoms with Crippen LogP contribution in [0.25, 0.3) is 27.8 Å². The molecule has 0 spiro atoms. The number of hydrogen-bond acceptors (Lipinski definition) is 7. The molecule has 0 bridgehead atoms. The molecule has 0 aliphatic rings. The van der Waals surface area contributed by atoms with Crippen LogP contribution in [0.15, 0.2) is 94.2 Å². The van der Waals surface area contributed by atoms with Gasteiger partial charge in [-0.15, -0.1) is 11.3 Å². The molecule has 7 nitrogen and oxygen atoms in total. The minimum Gasteiger partial charge on any atom is -0.496 e. The number of carbonyl (C=O) groups is 1. The van der Waals surface area contributed by atoms with Crippen LogP contribution in [0.1, 0.15) is 6.42 Å². The van der Waals surface area contributed by atoms with E-state index >= 15 is 0 Å². The molecule has 0 saturated heterocycles.